The SMILES string of the molecule is CCCCO[C@@H]1C(O)OC2COCc3ccccc3COC1[C@@H]2OCCCC. The van der Waals surface area contributed by atoms with Crippen LogP contribution in [0, 0.1) is 0 Å². The number of benzene rings is 1. The summed E-state index contributed by atoms with van der Waals surface area (Å²) >= 11 is 0. The highest BCUT2D eigenvalue weighted by Crippen LogP contribution is 2.30. The maximum Gasteiger partial charge on any atom is 0.184 e. The van der Waals surface area contributed by atoms with Gasteiger partial charge in [0, 0.05) is 13.2 Å². The third-order valence-corrected chi connectivity index (χ3v) is 5.32. The van der Waals surface area contributed by atoms with Gasteiger partial charge in [-0.2, -0.15) is 0 Å². The van der Waals surface area contributed by atoms with Gasteiger partial charge in [0.15, 0.2) is 6.29 Å². The lowest BCUT2D eigenvalue weighted by Crippen LogP contribution is -2.61. The first-order valence-electron chi connectivity index (χ1n) is 10.6. The minimum absolute atomic E-state index is 0.337. The summed E-state index contributed by atoms with van der Waals surface area (Å²) in [6.07, 6.45) is 1.16. The van der Waals surface area contributed by atoms with Crippen LogP contribution in [0.1, 0.15) is 50.7 Å². The van der Waals surface area contributed by atoms with Crippen LogP contribution in [0.25, 0.3) is 0 Å². The molecule has 2 heterocycles. The molecule has 0 saturated carbocycles. The van der Waals surface area contributed by atoms with Gasteiger partial charge in [-0.3, -0.25) is 0 Å². The highest BCUT2D eigenvalue weighted by atomic mass is 16.7. The van der Waals surface area contributed by atoms with E-state index in [1.165, 1.54) is 0 Å². The molecule has 6 heteroatoms. The van der Waals surface area contributed by atoms with Crippen molar-refractivity contribution in [2.45, 2.75) is 83.5 Å². The molecule has 6 nitrogen and oxygen atoms in total. The number of rotatable bonds is 8. The molecule has 0 aliphatic carbocycles. The highest BCUT2D eigenvalue weighted by Gasteiger charge is 2.48. The van der Waals surface area contributed by atoms with E-state index in [1.54, 1.807) is 0 Å². The van der Waals surface area contributed by atoms with Crippen LogP contribution < -0.4 is 0 Å². The molecule has 2 bridgehead atoms. The molecule has 3 rings (SSSR count). The van der Waals surface area contributed by atoms with Crippen molar-refractivity contribution in [3.63, 3.8) is 0 Å². The lowest BCUT2D eigenvalue weighted by Gasteiger charge is -2.44. The highest BCUT2D eigenvalue weighted by molar-refractivity contribution is 5.26. The smallest absolute Gasteiger partial charge is 0.184 e. The Hall–Kier alpha value is -1.02. The van der Waals surface area contributed by atoms with Gasteiger partial charge >= 0.3 is 0 Å². The molecule has 2 aliphatic heterocycles. The van der Waals surface area contributed by atoms with Gasteiger partial charge in [-0.05, 0) is 24.0 Å². The normalized spacial score (nSPS) is 30.6. The van der Waals surface area contributed by atoms with Crippen LogP contribution in [0.5, 0.6) is 0 Å². The third kappa shape index (κ3) is 5.53. The number of unbranched alkanes of at least 4 members (excludes halogenated alkanes) is 2. The van der Waals surface area contributed by atoms with Crippen molar-refractivity contribution in [2.24, 2.45) is 0 Å². The Labute approximate surface area is 168 Å². The molecular formula is C22H34O6. The molecule has 1 aromatic rings. The molecule has 0 aromatic heterocycles. The summed E-state index contributed by atoms with van der Waals surface area (Å²) in [7, 11) is 0. The van der Waals surface area contributed by atoms with Crippen molar-refractivity contribution in [1.29, 1.82) is 0 Å². The molecule has 0 spiro atoms. The Morgan fingerprint density at radius 1 is 0.964 bits per heavy atom. The van der Waals surface area contributed by atoms with Gasteiger partial charge < -0.3 is 28.8 Å². The molecule has 5 atom stereocenters. The first kappa shape index (κ1) is 21.7. The largest absolute Gasteiger partial charge is 0.374 e. The van der Waals surface area contributed by atoms with Crippen LogP contribution in [0.2, 0.25) is 0 Å². The number of hydrogen-bond acceptors (Lipinski definition) is 6. The molecule has 1 fully saturated rings. The number of hydrogen-bond donors (Lipinski definition) is 1. The second kappa shape index (κ2) is 11.2. The Bertz CT molecular complexity index is 580. The van der Waals surface area contributed by atoms with E-state index in [0.29, 0.717) is 33.0 Å². The van der Waals surface area contributed by atoms with Crippen LogP contribution >= 0.6 is 0 Å². The predicted octanol–water partition coefficient (Wildman–Crippen LogP) is 3.19. The van der Waals surface area contributed by atoms with Gasteiger partial charge in [-0.15, -0.1) is 0 Å². The van der Waals surface area contributed by atoms with Crippen molar-refractivity contribution in [1.82, 2.24) is 0 Å². The van der Waals surface area contributed by atoms with Gasteiger partial charge in [0.05, 0.1) is 19.8 Å². The van der Waals surface area contributed by atoms with Crippen molar-refractivity contribution in [3.8, 4) is 0 Å². The van der Waals surface area contributed by atoms with E-state index >= 15 is 0 Å². The summed E-state index contributed by atoms with van der Waals surface area (Å²) in [4.78, 5) is 0. The van der Waals surface area contributed by atoms with Gasteiger partial charge in [-0.1, -0.05) is 51.0 Å². The molecule has 3 unspecified atom stereocenters. The second-order valence-corrected chi connectivity index (χ2v) is 7.50. The van der Waals surface area contributed by atoms with E-state index in [2.05, 4.69) is 19.9 Å². The number of aliphatic hydroxyl groups is 1. The molecule has 2 aliphatic rings. The minimum Gasteiger partial charge on any atom is -0.374 e. The molecule has 1 saturated heterocycles. The molecule has 158 valence electrons. The topological polar surface area (TPSA) is 66.4 Å². The zero-order valence-corrected chi connectivity index (χ0v) is 17.0. The number of ether oxygens (including phenoxy) is 5. The Morgan fingerprint density at radius 3 is 2.29 bits per heavy atom. The molecule has 1 N–H and O–H groups in total. The summed E-state index contributed by atoms with van der Waals surface area (Å²) in [5.74, 6) is 0. The van der Waals surface area contributed by atoms with Crippen LogP contribution in [-0.4, -0.2) is 55.6 Å². The number of aliphatic hydroxyl groups excluding tert-OH is 1. The third-order valence-electron chi connectivity index (χ3n) is 5.32. The van der Waals surface area contributed by atoms with Crippen molar-refractivity contribution < 1.29 is 28.8 Å². The number of fused-ring (bicyclic) bond motifs is 3. The van der Waals surface area contributed by atoms with Crippen LogP contribution in [0.15, 0.2) is 24.3 Å². The lowest BCUT2D eigenvalue weighted by atomic mass is 9.97. The van der Waals surface area contributed by atoms with E-state index in [0.717, 1.165) is 36.8 Å². The zero-order chi connectivity index (χ0) is 19.8. The van der Waals surface area contributed by atoms with Crippen LogP contribution in [0.3, 0.4) is 0 Å². The fraction of sp³-hybridized carbons (Fsp3) is 0.727. The quantitative estimate of drug-likeness (QED) is 0.683. The first-order valence-corrected chi connectivity index (χ1v) is 10.6. The van der Waals surface area contributed by atoms with Crippen LogP contribution in [0.4, 0.5) is 0 Å². The second-order valence-electron chi connectivity index (χ2n) is 7.50. The summed E-state index contributed by atoms with van der Waals surface area (Å²) in [6.45, 7) is 6.66. The molecule has 0 radical (unpaired) electrons. The Morgan fingerprint density at radius 2 is 1.61 bits per heavy atom. The standard InChI is InChI=1S/C22H34O6/c1-3-5-11-25-19-18-15-24-13-16-9-7-8-10-17(16)14-27-20(19)21(22(23)28-18)26-12-6-4-2/h7-10,18-23H,3-6,11-15H2,1-2H3/t18?,19-,20?,21+,22?/m1/s1. The Balaban J connectivity index is 1.81. The predicted molar refractivity (Wildman–Crippen MR) is 105 cm³/mol. The maximum absolute atomic E-state index is 10.6. The maximum atomic E-state index is 10.6. The molecule has 0 amide bonds. The van der Waals surface area contributed by atoms with E-state index in [4.69, 9.17) is 23.7 Å². The Kier molecular flexibility index (Phi) is 8.70. The van der Waals surface area contributed by atoms with E-state index in [9.17, 15) is 5.11 Å². The first-order chi connectivity index (χ1) is 13.7. The average Bonchev–Trinajstić information content (AvgIpc) is 2.70. The summed E-state index contributed by atoms with van der Waals surface area (Å²) in [5, 5.41) is 10.6. The van der Waals surface area contributed by atoms with E-state index < -0.39 is 24.6 Å². The van der Waals surface area contributed by atoms with E-state index in [-0.39, 0.29) is 6.10 Å². The molecule has 28 heavy (non-hydrogen) atoms. The lowest BCUT2D eigenvalue weighted by molar-refractivity contribution is -0.314. The van der Waals surface area contributed by atoms with Gasteiger partial charge in [0.25, 0.3) is 0 Å². The van der Waals surface area contributed by atoms with Gasteiger partial charge in [0.2, 0.25) is 0 Å². The fourth-order valence-electron chi connectivity index (χ4n) is 3.64. The van der Waals surface area contributed by atoms with Crippen LogP contribution in [-0.2, 0) is 36.9 Å². The molecular weight excluding hydrogens is 360 g/mol. The monoisotopic (exact) mass is 394 g/mol. The average molecular weight is 395 g/mol. The zero-order valence-electron chi connectivity index (χ0n) is 17.0. The molecule has 1 aromatic carbocycles. The van der Waals surface area contributed by atoms with Crippen molar-refractivity contribution in [3.05, 3.63) is 35.4 Å². The fourth-order valence-corrected chi connectivity index (χ4v) is 3.64. The van der Waals surface area contributed by atoms with Gasteiger partial charge in [-0.25, -0.2) is 0 Å². The summed E-state index contributed by atoms with van der Waals surface area (Å²) < 4.78 is 30.3. The van der Waals surface area contributed by atoms with Gasteiger partial charge in [0.1, 0.15) is 24.4 Å². The van der Waals surface area contributed by atoms with E-state index in [1.807, 2.05) is 18.2 Å². The summed E-state index contributed by atoms with van der Waals surface area (Å²) in [5.41, 5.74) is 2.19. The summed E-state index contributed by atoms with van der Waals surface area (Å²) in [6, 6.07) is 8.10. The van der Waals surface area contributed by atoms with Crippen molar-refractivity contribution in [2.75, 3.05) is 19.8 Å². The van der Waals surface area contributed by atoms with Crippen molar-refractivity contribution >= 4 is 0 Å². The minimum atomic E-state index is -1.06.